The molecule has 5 heteroatoms. The van der Waals surface area contributed by atoms with Gasteiger partial charge in [-0.15, -0.1) is 0 Å². The van der Waals surface area contributed by atoms with Gasteiger partial charge in [-0.25, -0.2) is 0 Å². The monoisotopic (exact) mass is 327 g/mol. The van der Waals surface area contributed by atoms with Crippen LogP contribution in [0.15, 0.2) is 0 Å². The highest BCUT2D eigenvalue weighted by Gasteiger charge is 2.26. The third-order valence-corrected chi connectivity index (χ3v) is 5.06. The van der Waals surface area contributed by atoms with Gasteiger partial charge in [0.2, 0.25) is 0 Å². The number of hydrogen-bond acceptors (Lipinski definition) is 5. The van der Waals surface area contributed by atoms with Crippen LogP contribution in [-0.4, -0.2) is 86.2 Å². The van der Waals surface area contributed by atoms with Crippen molar-refractivity contribution in [1.82, 2.24) is 14.7 Å². The molecular weight excluding hydrogens is 290 g/mol. The highest BCUT2D eigenvalue weighted by molar-refractivity contribution is 5.72. The molecular formula is C18H37N3O2. The first-order valence-corrected chi connectivity index (χ1v) is 9.09. The lowest BCUT2D eigenvalue weighted by atomic mass is 9.96. The van der Waals surface area contributed by atoms with Gasteiger partial charge in [-0.3, -0.25) is 9.69 Å². The number of likely N-dealkylation sites (N-methyl/N-ethyl adjacent to an activating group) is 1. The lowest BCUT2D eigenvalue weighted by Crippen LogP contribution is -2.47. The molecule has 0 spiro atoms. The first kappa shape index (κ1) is 20.4. The number of esters is 1. The van der Waals surface area contributed by atoms with Crippen molar-refractivity contribution < 1.29 is 9.53 Å². The summed E-state index contributed by atoms with van der Waals surface area (Å²) in [7, 11) is 3.66. The van der Waals surface area contributed by atoms with Crippen molar-refractivity contribution in [1.29, 1.82) is 0 Å². The standard InChI is InChI=1S/C10H19NO2.C8H18N2/c1-8(2)11-6-4-9(5-7-11)10(12)13-3;1-8(2)10-6-4-9(3)5-7-10/h8-9H,4-7H2,1-3H3;8H,4-7H2,1-3H3. The Morgan fingerprint density at radius 1 is 0.870 bits per heavy atom. The predicted octanol–water partition coefficient (Wildman–Crippen LogP) is 1.92. The van der Waals surface area contributed by atoms with Crippen molar-refractivity contribution in [2.45, 2.75) is 52.6 Å². The number of carbonyl (C=O) groups excluding carboxylic acids is 1. The molecule has 0 N–H and O–H groups in total. The Morgan fingerprint density at radius 3 is 1.70 bits per heavy atom. The maximum atomic E-state index is 11.2. The van der Waals surface area contributed by atoms with Crippen molar-refractivity contribution in [2.24, 2.45) is 5.92 Å². The maximum Gasteiger partial charge on any atom is 0.308 e. The van der Waals surface area contributed by atoms with E-state index in [1.54, 1.807) is 0 Å². The van der Waals surface area contributed by atoms with Crippen LogP contribution in [0.1, 0.15) is 40.5 Å². The molecule has 2 saturated heterocycles. The molecule has 0 atom stereocenters. The van der Waals surface area contributed by atoms with Crippen molar-refractivity contribution >= 4 is 5.97 Å². The zero-order valence-electron chi connectivity index (χ0n) is 16.0. The van der Waals surface area contributed by atoms with Gasteiger partial charge in [0.05, 0.1) is 13.0 Å². The summed E-state index contributed by atoms with van der Waals surface area (Å²) in [6.45, 7) is 15.9. The number of methoxy groups -OCH3 is 1. The highest BCUT2D eigenvalue weighted by Crippen LogP contribution is 2.19. The number of ether oxygens (including phenoxy) is 1. The molecule has 0 radical (unpaired) electrons. The summed E-state index contributed by atoms with van der Waals surface area (Å²) in [4.78, 5) is 18.5. The minimum absolute atomic E-state index is 0.0385. The molecule has 0 bridgehead atoms. The predicted molar refractivity (Wildman–Crippen MR) is 95.7 cm³/mol. The van der Waals surface area contributed by atoms with E-state index < -0.39 is 0 Å². The normalized spacial score (nSPS) is 22.1. The quantitative estimate of drug-likeness (QED) is 0.740. The van der Waals surface area contributed by atoms with Crippen molar-refractivity contribution in [3.8, 4) is 0 Å². The molecule has 5 nitrogen and oxygen atoms in total. The summed E-state index contributed by atoms with van der Waals surface area (Å²) in [6.07, 6.45) is 1.90. The summed E-state index contributed by atoms with van der Waals surface area (Å²) >= 11 is 0. The average molecular weight is 328 g/mol. The molecule has 0 aliphatic carbocycles. The summed E-state index contributed by atoms with van der Waals surface area (Å²) < 4.78 is 4.73. The third kappa shape index (κ3) is 7.19. The minimum atomic E-state index is -0.0385. The average Bonchev–Trinajstić information content (AvgIpc) is 2.55. The largest absolute Gasteiger partial charge is 0.469 e. The van der Waals surface area contributed by atoms with Crippen LogP contribution in [0.2, 0.25) is 0 Å². The van der Waals surface area contributed by atoms with Crippen LogP contribution in [0, 0.1) is 5.92 Å². The van der Waals surface area contributed by atoms with Crippen LogP contribution in [0.3, 0.4) is 0 Å². The Kier molecular flexibility index (Phi) is 9.10. The van der Waals surface area contributed by atoms with E-state index in [1.807, 2.05) is 0 Å². The van der Waals surface area contributed by atoms with Gasteiger partial charge in [0, 0.05) is 38.3 Å². The molecule has 0 aromatic heterocycles. The lowest BCUT2D eigenvalue weighted by Gasteiger charge is -2.34. The molecule has 2 aliphatic rings. The van der Waals surface area contributed by atoms with Gasteiger partial charge >= 0.3 is 5.97 Å². The summed E-state index contributed by atoms with van der Waals surface area (Å²) in [6, 6.07) is 1.33. The molecule has 0 amide bonds. The van der Waals surface area contributed by atoms with E-state index in [0.29, 0.717) is 6.04 Å². The molecule has 136 valence electrons. The molecule has 2 heterocycles. The smallest absolute Gasteiger partial charge is 0.308 e. The summed E-state index contributed by atoms with van der Waals surface area (Å²) in [5.41, 5.74) is 0. The van der Waals surface area contributed by atoms with Crippen LogP contribution in [0.5, 0.6) is 0 Å². The van der Waals surface area contributed by atoms with Crippen molar-refractivity contribution in [3.63, 3.8) is 0 Å². The number of rotatable bonds is 3. The van der Waals surface area contributed by atoms with E-state index in [1.165, 1.54) is 33.3 Å². The number of likely N-dealkylation sites (tertiary alicyclic amines) is 1. The number of piperazine rings is 1. The Morgan fingerprint density at radius 2 is 1.30 bits per heavy atom. The highest BCUT2D eigenvalue weighted by atomic mass is 16.5. The van der Waals surface area contributed by atoms with Crippen molar-refractivity contribution in [3.05, 3.63) is 0 Å². The SMILES string of the molecule is CC(C)N1CCN(C)CC1.COC(=O)C1CCN(C(C)C)CC1. The van der Waals surface area contributed by atoms with Gasteiger partial charge in [-0.2, -0.15) is 0 Å². The molecule has 0 unspecified atom stereocenters. The lowest BCUT2D eigenvalue weighted by molar-refractivity contribution is -0.147. The third-order valence-electron chi connectivity index (χ3n) is 5.06. The fourth-order valence-corrected chi connectivity index (χ4v) is 3.16. The fourth-order valence-electron chi connectivity index (χ4n) is 3.16. The topological polar surface area (TPSA) is 36.0 Å². The summed E-state index contributed by atoms with van der Waals surface area (Å²) in [5, 5.41) is 0. The molecule has 0 aromatic carbocycles. The first-order chi connectivity index (χ1) is 10.8. The van der Waals surface area contributed by atoms with E-state index in [-0.39, 0.29) is 11.9 Å². The first-order valence-electron chi connectivity index (χ1n) is 9.09. The maximum absolute atomic E-state index is 11.2. The minimum Gasteiger partial charge on any atom is -0.469 e. The Balaban J connectivity index is 0.000000238. The van der Waals surface area contributed by atoms with Gasteiger partial charge in [0.1, 0.15) is 0 Å². The van der Waals surface area contributed by atoms with Gasteiger partial charge in [0.15, 0.2) is 0 Å². The van der Waals surface area contributed by atoms with Crippen LogP contribution >= 0.6 is 0 Å². The number of carbonyl (C=O) groups is 1. The molecule has 2 fully saturated rings. The van der Waals surface area contributed by atoms with Crippen LogP contribution in [-0.2, 0) is 9.53 Å². The Labute approximate surface area is 142 Å². The molecule has 0 aromatic rings. The Hall–Kier alpha value is -0.650. The van der Waals surface area contributed by atoms with Gasteiger partial charge in [-0.1, -0.05) is 0 Å². The van der Waals surface area contributed by atoms with Crippen LogP contribution in [0.4, 0.5) is 0 Å². The van der Waals surface area contributed by atoms with Crippen molar-refractivity contribution in [2.75, 3.05) is 53.4 Å². The van der Waals surface area contributed by atoms with Crippen LogP contribution < -0.4 is 0 Å². The fraction of sp³-hybridized carbons (Fsp3) is 0.944. The molecule has 2 aliphatic heterocycles. The van der Waals surface area contributed by atoms with E-state index in [0.717, 1.165) is 32.0 Å². The summed E-state index contributed by atoms with van der Waals surface area (Å²) in [5.74, 6) is 0.100. The van der Waals surface area contributed by atoms with Gasteiger partial charge in [0.25, 0.3) is 0 Å². The number of hydrogen-bond donors (Lipinski definition) is 0. The second-order valence-corrected chi connectivity index (χ2v) is 7.36. The number of piperidine rings is 1. The molecule has 23 heavy (non-hydrogen) atoms. The second-order valence-electron chi connectivity index (χ2n) is 7.36. The Bertz CT molecular complexity index is 331. The van der Waals surface area contributed by atoms with E-state index >= 15 is 0 Å². The van der Waals surface area contributed by atoms with Crippen LogP contribution in [0.25, 0.3) is 0 Å². The van der Waals surface area contributed by atoms with E-state index in [4.69, 9.17) is 4.74 Å². The molecule has 2 rings (SSSR count). The van der Waals surface area contributed by atoms with Gasteiger partial charge < -0.3 is 14.5 Å². The zero-order chi connectivity index (χ0) is 17.4. The number of nitrogens with zero attached hydrogens (tertiary/aromatic N) is 3. The second kappa shape index (κ2) is 10.3. The zero-order valence-corrected chi connectivity index (χ0v) is 16.0. The molecule has 0 saturated carbocycles. The van der Waals surface area contributed by atoms with E-state index in [9.17, 15) is 4.79 Å². The van der Waals surface area contributed by atoms with E-state index in [2.05, 4.69) is 49.4 Å². The van der Waals surface area contributed by atoms with Gasteiger partial charge in [-0.05, 0) is 60.7 Å².